The molecule has 0 saturated carbocycles. The highest BCUT2D eigenvalue weighted by Crippen LogP contribution is 1.90. The van der Waals surface area contributed by atoms with Crippen LogP contribution in [0.1, 0.15) is 5.56 Å². The Morgan fingerprint density at radius 3 is 2.40 bits per heavy atom. The van der Waals surface area contributed by atoms with Crippen molar-refractivity contribution >= 4 is 19.5 Å². The molecule has 0 aliphatic rings. The first-order valence-electron chi connectivity index (χ1n) is 2.92. The molecule has 0 aromatic heterocycles. The fourth-order valence-electron chi connectivity index (χ4n) is 0.668. The van der Waals surface area contributed by atoms with Crippen molar-refractivity contribution in [3.8, 4) is 0 Å². The summed E-state index contributed by atoms with van der Waals surface area (Å²) >= 11 is 0. The second kappa shape index (κ2) is 3.06. The Morgan fingerprint density at radius 2 is 1.90 bits per heavy atom. The Kier molecular flexibility index (Phi) is 2.10. The molecule has 0 spiro atoms. The molecule has 2 N–H and O–H groups in total. The van der Waals surface area contributed by atoms with Gasteiger partial charge in [-0.2, -0.15) is 5.10 Å². The fraction of sp³-hybridized carbons (Fsp3) is 0. The summed E-state index contributed by atoms with van der Waals surface area (Å²) in [5.41, 5.74) is 1.70. The lowest BCUT2D eigenvalue weighted by Gasteiger charge is -1.91. The van der Waals surface area contributed by atoms with Crippen molar-refractivity contribution in [3.05, 3.63) is 29.8 Å². The normalized spacial score (nSPS) is 10.4. The van der Waals surface area contributed by atoms with Crippen LogP contribution in [0.4, 0.5) is 0 Å². The Morgan fingerprint density at radius 1 is 1.30 bits per heavy atom. The van der Waals surface area contributed by atoms with E-state index in [4.69, 9.17) is 13.7 Å². The summed E-state index contributed by atoms with van der Waals surface area (Å²) in [6.45, 7) is 0. The van der Waals surface area contributed by atoms with Gasteiger partial charge in [0, 0.05) is 0 Å². The molecule has 48 valence electrons. The summed E-state index contributed by atoms with van der Waals surface area (Å²) in [4.78, 5) is 0. The van der Waals surface area contributed by atoms with Crippen molar-refractivity contribution in [1.82, 2.24) is 0 Å². The minimum absolute atomic E-state index is 0.745. The summed E-state index contributed by atoms with van der Waals surface area (Å²) in [6.07, 6.45) is 1.57. The molecule has 0 saturated heterocycles. The largest absolute Gasteiger partial charge is 0.323 e. The second-order valence-corrected chi connectivity index (χ2v) is 1.94. The van der Waals surface area contributed by atoms with Gasteiger partial charge in [-0.25, -0.2) is 0 Å². The lowest BCUT2D eigenvalue weighted by molar-refractivity contribution is 1.26. The van der Waals surface area contributed by atoms with Crippen LogP contribution in [-0.4, -0.2) is 14.1 Å². The Hall–Kier alpha value is -1.25. The summed E-state index contributed by atoms with van der Waals surface area (Å²) in [6, 6.07) is 7.31. The third-order valence-electron chi connectivity index (χ3n) is 1.16. The SMILES string of the molecule is [B]c1ccc(/C=N/N)cc1. The van der Waals surface area contributed by atoms with E-state index in [1.165, 1.54) is 0 Å². The molecule has 2 nitrogen and oxygen atoms in total. The molecule has 1 aromatic rings. The smallest absolute Gasteiger partial charge is 0.113 e. The average Bonchev–Trinajstić information content (AvgIpc) is 1.95. The summed E-state index contributed by atoms with van der Waals surface area (Å²) in [5, 5.41) is 3.37. The van der Waals surface area contributed by atoms with Gasteiger partial charge in [0.1, 0.15) is 7.85 Å². The van der Waals surface area contributed by atoms with E-state index >= 15 is 0 Å². The second-order valence-electron chi connectivity index (χ2n) is 1.94. The van der Waals surface area contributed by atoms with E-state index in [2.05, 4.69) is 5.10 Å². The van der Waals surface area contributed by atoms with E-state index in [-0.39, 0.29) is 0 Å². The lowest BCUT2D eigenvalue weighted by atomic mass is 9.96. The molecule has 0 atom stereocenters. The Bertz CT molecular complexity index is 228. The Balaban J connectivity index is 2.89. The zero-order valence-corrected chi connectivity index (χ0v) is 5.49. The Labute approximate surface area is 61.2 Å². The molecule has 1 rings (SSSR count). The topological polar surface area (TPSA) is 38.4 Å². The van der Waals surface area contributed by atoms with Crippen LogP contribution in [0.15, 0.2) is 29.4 Å². The zero-order valence-electron chi connectivity index (χ0n) is 5.49. The maximum Gasteiger partial charge on any atom is 0.113 e. The number of hydrogen-bond acceptors (Lipinski definition) is 2. The molecule has 0 aliphatic heterocycles. The molecule has 3 heteroatoms. The van der Waals surface area contributed by atoms with Crippen LogP contribution >= 0.6 is 0 Å². The summed E-state index contributed by atoms with van der Waals surface area (Å²) in [5.74, 6) is 4.94. The number of nitrogens with two attached hydrogens (primary N) is 1. The van der Waals surface area contributed by atoms with Crippen LogP contribution < -0.4 is 11.3 Å². The van der Waals surface area contributed by atoms with Crippen LogP contribution in [-0.2, 0) is 0 Å². The monoisotopic (exact) mass is 130 g/mol. The standard InChI is InChI=1S/C7H7BN2/c8-7-3-1-6(2-4-7)5-10-9/h1-5H,9H2/b10-5+. The van der Waals surface area contributed by atoms with Crippen LogP contribution in [0.5, 0.6) is 0 Å². The molecule has 0 amide bonds. The van der Waals surface area contributed by atoms with Crippen molar-refractivity contribution in [3.63, 3.8) is 0 Å². The highest BCUT2D eigenvalue weighted by Gasteiger charge is 1.84. The van der Waals surface area contributed by atoms with Crippen LogP contribution in [0.3, 0.4) is 0 Å². The van der Waals surface area contributed by atoms with Crippen molar-refractivity contribution in [2.75, 3.05) is 0 Å². The molecular formula is C7H7BN2. The van der Waals surface area contributed by atoms with E-state index in [0.29, 0.717) is 0 Å². The molecule has 10 heavy (non-hydrogen) atoms. The zero-order chi connectivity index (χ0) is 7.40. The molecule has 0 fully saturated rings. The van der Waals surface area contributed by atoms with E-state index in [9.17, 15) is 0 Å². The van der Waals surface area contributed by atoms with Crippen molar-refractivity contribution < 1.29 is 0 Å². The molecular weight excluding hydrogens is 123 g/mol. The minimum Gasteiger partial charge on any atom is -0.323 e. The van der Waals surface area contributed by atoms with E-state index in [1.54, 1.807) is 18.3 Å². The quantitative estimate of drug-likeness (QED) is 0.242. The number of benzene rings is 1. The predicted octanol–water partition coefficient (Wildman–Crippen LogP) is -0.227. The third-order valence-corrected chi connectivity index (χ3v) is 1.16. The number of nitrogens with zero attached hydrogens (tertiary/aromatic N) is 1. The molecule has 1 aromatic carbocycles. The van der Waals surface area contributed by atoms with Gasteiger partial charge in [0.2, 0.25) is 0 Å². The highest BCUT2D eigenvalue weighted by molar-refractivity contribution is 6.32. The fourth-order valence-corrected chi connectivity index (χ4v) is 0.668. The van der Waals surface area contributed by atoms with Gasteiger partial charge in [-0.1, -0.05) is 29.7 Å². The first-order valence-corrected chi connectivity index (χ1v) is 2.92. The highest BCUT2D eigenvalue weighted by atomic mass is 15.1. The van der Waals surface area contributed by atoms with Gasteiger partial charge in [0.15, 0.2) is 0 Å². The van der Waals surface area contributed by atoms with E-state index in [1.807, 2.05) is 12.1 Å². The number of hydrogen-bond donors (Lipinski definition) is 1. The predicted molar refractivity (Wildman–Crippen MR) is 43.6 cm³/mol. The molecule has 2 radical (unpaired) electrons. The van der Waals surface area contributed by atoms with Gasteiger partial charge >= 0.3 is 0 Å². The minimum atomic E-state index is 0.745. The number of hydrazone groups is 1. The van der Waals surface area contributed by atoms with Gasteiger partial charge in [-0.3, -0.25) is 0 Å². The van der Waals surface area contributed by atoms with Crippen LogP contribution in [0, 0.1) is 0 Å². The van der Waals surface area contributed by atoms with E-state index < -0.39 is 0 Å². The van der Waals surface area contributed by atoms with Gasteiger partial charge in [0.05, 0.1) is 6.21 Å². The van der Waals surface area contributed by atoms with Crippen molar-refractivity contribution in [2.45, 2.75) is 0 Å². The number of rotatable bonds is 1. The lowest BCUT2D eigenvalue weighted by Crippen LogP contribution is -2.00. The first kappa shape index (κ1) is 6.87. The van der Waals surface area contributed by atoms with Crippen LogP contribution in [0.2, 0.25) is 0 Å². The van der Waals surface area contributed by atoms with Crippen LogP contribution in [0.25, 0.3) is 0 Å². The maximum atomic E-state index is 5.45. The molecule has 0 heterocycles. The van der Waals surface area contributed by atoms with Gasteiger partial charge in [-0.05, 0) is 5.56 Å². The summed E-state index contributed by atoms with van der Waals surface area (Å²) in [7, 11) is 5.45. The van der Waals surface area contributed by atoms with Crippen molar-refractivity contribution in [1.29, 1.82) is 0 Å². The summed E-state index contributed by atoms with van der Waals surface area (Å²) < 4.78 is 0. The van der Waals surface area contributed by atoms with E-state index in [0.717, 1.165) is 11.0 Å². The van der Waals surface area contributed by atoms with Gasteiger partial charge in [-0.15, -0.1) is 0 Å². The van der Waals surface area contributed by atoms with Crippen molar-refractivity contribution in [2.24, 2.45) is 10.9 Å². The average molecular weight is 130 g/mol. The van der Waals surface area contributed by atoms with Gasteiger partial charge in [0.25, 0.3) is 0 Å². The third kappa shape index (κ3) is 1.62. The maximum absolute atomic E-state index is 5.45. The molecule has 0 bridgehead atoms. The van der Waals surface area contributed by atoms with Gasteiger partial charge < -0.3 is 5.84 Å². The first-order chi connectivity index (χ1) is 4.83. The molecule has 0 unspecified atom stereocenters. The molecule has 0 aliphatic carbocycles.